The fourth-order valence-electron chi connectivity index (χ4n) is 1.25. The van der Waals surface area contributed by atoms with Gasteiger partial charge in [-0.1, -0.05) is 0 Å². The molecule has 0 saturated carbocycles. The molecule has 2 heterocycles. The van der Waals surface area contributed by atoms with Crippen LogP contribution < -0.4 is 0 Å². The van der Waals surface area contributed by atoms with E-state index < -0.39 is 0 Å². The third-order valence-corrected chi connectivity index (χ3v) is 1.92. The van der Waals surface area contributed by atoms with Crippen molar-refractivity contribution in [3.8, 4) is 6.07 Å². The molecular weight excluding hydrogens is 180 g/mol. The van der Waals surface area contributed by atoms with E-state index in [1.54, 1.807) is 13.1 Å². The van der Waals surface area contributed by atoms with Crippen molar-refractivity contribution in [2.45, 2.75) is 6.92 Å². The van der Waals surface area contributed by atoms with E-state index in [0.717, 1.165) is 0 Å². The van der Waals surface area contributed by atoms with Crippen LogP contribution in [0, 0.1) is 18.3 Å². The quantitative estimate of drug-likeness (QED) is 0.615. The van der Waals surface area contributed by atoms with Crippen LogP contribution in [-0.2, 0) is 0 Å². The van der Waals surface area contributed by atoms with Gasteiger partial charge in [0, 0.05) is 12.4 Å². The number of carbonyl (C=O) groups excluding carboxylic acids is 1. The fraction of sp³-hybridized carbons (Fsp3) is 0.111. The molecule has 0 amide bonds. The van der Waals surface area contributed by atoms with E-state index in [2.05, 4.69) is 10.1 Å². The minimum absolute atomic E-state index is 0.435. The molecule has 2 aromatic rings. The van der Waals surface area contributed by atoms with Crippen molar-refractivity contribution in [2.24, 2.45) is 0 Å². The lowest BCUT2D eigenvalue weighted by molar-refractivity contribution is 0.112. The van der Waals surface area contributed by atoms with Gasteiger partial charge in [-0.3, -0.25) is 4.79 Å². The molecule has 0 atom stereocenters. The zero-order valence-corrected chi connectivity index (χ0v) is 7.43. The first kappa shape index (κ1) is 8.38. The van der Waals surface area contributed by atoms with Crippen LogP contribution in [0.2, 0.25) is 0 Å². The summed E-state index contributed by atoms with van der Waals surface area (Å²) in [6.45, 7) is 1.73. The lowest BCUT2D eigenvalue weighted by Crippen LogP contribution is -1.93. The van der Waals surface area contributed by atoms with Gasteiger partial charge in [-0.15, -0.1) is 0 Å². The van der Waals surface area contributed by atoms with Crippen molar-refractivity contribution >= 4 is 11.9 Å². The highest BCUT2D eigenvalue weighted by Crippen LogP contribution is 2.11. The van der Waals surface area contributed by atoms with Crippen molar-refractivity contribution in [2.75, 3.05) is 0 Å². The summed E-state index contributed by atoms with van der Waals surface area (Å²) >= 11 is 0. The Labute approximate surface area is 79.6 Å². The number of nitrogens with zero attached hydrogens (tertiary/aromatic N) is 4. The standard InChI is InChI=1S/C9H6N4O/c1-6-8(2-10)9-11-3-7(5-14)4-13(9)12-6/h3-5H,1H3. The number of aromatic nitrogens is 3. The van der Waals surface area contributed by atoms with Crippen LogP contribution in [-0.4, -0.2) is 20.9 Å². The van der Waals surface area contributed by atoms with Gasteiger partial charge in [0.25, 0.3) is 0 Å². The number of nitriles is 1. The van der Waals surface area contributed by atoms with Gasteiger partial charge in [-0.05, 0) is 6.92 Å². The Bertz CT molecular complexity index is 550. The van der Waals surface area contributed by atoms with Crippen molar-refractivity contribution in [1.29, 1.82) is 5.26 Å². The maximum Gasteiger partial charge on any atom is 0.173 e. The molecule has 0 fully saturated rings. The SMILES string of the molecule is Cc1nn2cc(C=O)cnc2c1C#N. The van der Waals surface area contributed by atoms with E-state index in [1.165, 1.54) is 10.7 Å². The predicted octanol–water partition coefficient (Wildman–Crippen LogP) is 0.722. The van der Waals surface area contributed by atoms with E-state index in [1.807, 2.05) is 6.07 Å². The molecule has 0 aliphatic heterocycles. The van der Waals surface area contributed by atoms with E-state index >= 15 is 0 Å². The molecule has 0 spiro atoms. The summed E-state index contributed by atoms with van der Waals surface area (Å²) in [6.07, 6.45) is 3.66. The van der Waals surface area contributed by atoms with E-state index in [-0.39, 0.29) is 0 Å². The maximum atomic E-state index is 10.5. The normalized spacial score (nSPS) is 10.0. The highest BCUT2D eigenvalue weighted by molar-refractivity contribution is 5.74. The molecule has 0 aliphatic carbocycles. The molecule has 0 N–H and O–H groups in total. The summed E-state index contributed by atoms with van der Waals surface area (Å²) in [6, 6.07) is 2.02. The summed E-state index contributed by atoms with van der Waals surface area (Å²) in [5.74, 6) is 0. The monoisotopic (exact) mass is 186 g/mol. The van der Waals surface area contributed by atoms with Gasteiger partial charge < -0.3 is 0 Å². The van der Waals surface area contributed by atoms with E-state index in [9.17, 15) is 4.79 Å². The Kier molecular flexibility index (Phi) is 1.75. The van der Waals surface area contributed by atoms with Crippen LogP contribution in [0.1, 0.15) is 21.6 Å². The summed E-state index contributed by atoms with van der Waals surface area (Å²) < 4.78 is 1.44. The highest BCUT2D eigenvalue weighted by Gasteiger charge is 2.09. The third kappa shape index (κ3) is 1.05. The second-order valence-corrected chi connectivity index (χ2v) is 2.85. The van der Waals surface area contributed by atoms with Crippen LogP contribution in [0.4, 0.5) is 0 Å². The molecule has 2 aromatic heterocycles. The minimum Gasteiger partial charge on any atom is -0.298 e. The number of aryl methyl sites for hydroxylation is 1. The van der Waals surface area contributed by atoms with Crippen molar-refractivity contribution in [3.05, 3.63) is 29.2 Å². The van der Waals surface area contributed by atoms with Crippen molar-refractivity contribution in [3.63, 3.8) is 0 Å². The number of hydrogen-bond donors (Lipinski definition) is 0. The summed E-state index contributed by atoms with van der Waals surface area (Å²) in [5, 5.41) is 12.9. The predicted molar refractivity (Wildman–Crippen MR) is 47.8 cm³/mol. The van der Waals surface area contributed by atoms with Gasteiger partial charge in [0.2, 0.25) is 0 Å². The number of rotatable bonds is 1. The lowest BCUT2D eigenvalue weighted by Gasteiger charge is -1.92. The summed E-state index contributed by atoms with van der Waals surface area (Å²) in [5.41, 5.74) is 1.98. The van der Waals surface area contributed by atoms with Gasteiger partial charge in [0.15, 0.2) is 11.9 Å². The van der Waals surface area contributed by atoms with Gasteiger partial charge in [0.1, 0.15) is 11.6 Å². The minimum atomic E-state index is 0.435. The Hall–Kier alpha value is -2.22. The molecule has 0 bridgehead atoms. The highest BCUT2D eigenvalue weighted by atomic mass is 16.1. The Morgan fingerprint density at radius 3 is 3.07 bits per heavy atom. The average Bonchev–Trinajstić information content (AvgIpc) is 2.51. The molecule has 0 unspecified atom stereocenters. The van der Waals surface area contributed by atoms with Crippen LogP contribution >= 0.6 is 0 Å². The lowest BCUT2D eigenvalue weighted by atomic mass is 10.3. The van der Waals surface area contributed by atoms with Gasteiger partial charge in [-0.2, -0.15) is 10.4 Å². The van der Waals surface area contributed by atoms with Gasteiger partial charge in [0.05, 0.1) is 11.3 Å². The van der Waals surface area contributed by atoms with Crippen LogP contribution in [0.5, 0.6) is 0 Å². The van der Waals surface area contributed by atoms with Crippen molar-refractivity contribution < 1.29 is 4.79 Å². The van der Waals surface area contributed by atoms with Gasteiger partial charge >= 0.3 is 0 Å². The van der Waals surface area contributed by atoms with E-state index in [0.29, 0.717) is 28.8 Å². The number of aldehydes is 1. The van der Waals surface area contributed by atoms with Crippen LogP contribution in [0.3, 0.4) is 0 Å². The first-order valence-electron chi connectivity index (χ1n) is 3.96. The Morgan fingerprint density at radius 2 is 2.43 bits per heavy atom. The maximum absolute atomic E-state index is 10.5. The second-order valence-electron chi connectivity index (χ2n) is 2.85. The Balaban J connectivity index is 2.82. The largest absolute Gasteiger partial charge is 0.298 e. The van der Waals surface area contributed by atoms with Crippen LogP contribution in [0.25, 0.3) is 5.65 Å². The zero-order valence-electron chi connectivity index (χ0n) is 7.43. The molecule has 5 heteroatoms. The summed E-state index contributed by atoms with van der Waals surface area (Å²) in [4.78, 5) is 14.5. The third-order valence-electron chi connectivity index (χ3n) is 1.92. The first-order valence-corrected chi connectivity index (χ1v) is 3.96. The molecular formula is C9H6N4O. The van der Waals surface area contributed by atoms with Crippen LogP contribution in [0.15, 0.2) is 12.4 Å². The molecule has 0 radical (unpaired) electrons. The smallest absolute Gasteiger partial charge is 0.173 e. The van der Waals surface area contributed by atoms with E-state index in [4.69, 9.17) is 5.26 Å². The summed E-state index contributed by atoms with van der Waals surface area (Å²) in [7, 11) is 0. The molecule has 5 nitrogen and oxygen atoms in total. The van der Waals surface area contributed by atoms with Gasteiger partial charge in [-0.25, -0.2) is 9.50 Å². The molecule has 2 rings (SSSR count). The zero-order chi connectivity index (χ0) is 10.1. The molecule has 0 saturated heterocycles. The number of hydrogen-bond acceptors (Lipinski definition) is 4. The molecule has 14 heavy (non-hydrogen) atoms. The number of fused-ring (bicyclic) bond motifs is 1. The number of carbonyl (C=O) groups is 1. The van der Waals surface area contributed by atoms with Crippen molar-refractivity contribution in [1.82, 2.24) is 14.6 Å². The average molecular weight is 186 g/mol. The molecule has 68 valence electrons. The fourth-order valence-corrected chi connectivity index (χ4v) is 1.25. The Morgan fingerprint density at radius 1 is 1.64 bits per heavy atom. The topological polar surface area (TPSA) is 71.1 Å². The molecule has 0 aromatic carbocycles. The first-order chi connectivity index (χ1) is 6.76. The molecule has 0 aliphatic rings. The second kappa shape index (κ2) is 2.92.